The first-order valence-electron chi connectivity index (χ1n) is 20.1. The maximum Gasteiger partial charge on any atom is 0.306 e. The summed E-state index contributed by atoms with van der Waals surface area (Å²) in [6, 6.07) is 0. The third-order valence-corrected chi connectivity index (χ3v) is 8.82. The van der Waals surface area contributed by atoms with E-state index < -0.39 is 5.97 Å². The average Bonchev–Trinajstić information content (AvgIpc) is 3.05. The first kappa shape index (κ1) is 44.9. The number of allylic oxidation sites excluding steroid dienone is 8. The van der Waals surface area contributed by atoms with Crippen LogP contribution in [0.25, 0.3) is 0 Å². The topological polar surface area (TPSA) is 63.6 Å². The number of hydrogen-bond donors (Lipinski definition) is 1. The molecule has 0 aliphatic rings. The molecule has 1 unspecified atom stereocenters. The van der Waals surface area contributed by atoms with Crippen LogP contribution in [0, 0.1) is 0 Å². The smallest absolute Gasteiger partial charge is 0.306 e. The Bertz CT molecular complexity index is 794. The van der Waals surface area contributed by atoms with Crippen LogP contribution in [-0.2, 0) is 14.3 Å². The van der Waals surface area contributed by atoms with E-state index in [0.29, 0.717) is 6.42 Å². The Labute approximate surface area is 292 Å². The molecule has 0 radical (unpaired) electrons. The molecule has 4 heteroatoms. The van der Waals surface area contributed by atoms with E-state index in [9.17, 15) is 9.59 Å². The highest BCUT2D eigenvalue weighted by Crippen LogP contribution is 2.17. The third kappa shape index (κ3) is 38.2. The number of carboxylic acids is 1. The van der Waals surface area contributed by atoms with Crippen LogP contribution in [0.15, 0.2) is 48.6 Å². The van der Waals surface area contributed by atoms with E-state index in [0.717, 1.165) is 89.9 Å². The molecule has 0 aliphatic heterocycles. The van der Waals surface area contributed by atoms with Gasteiger partial charge in [0.2, 0.25) is 0 Å². The van der Waals surface area contributed by atoms with Crippen LogP contribution < -0.4 is 0 Å². The summed E-state index contributed by atoms with van der Waals surface area (Å²) in [5, 5.41) is 8.82. The van der Waals surface area contributed by atoms with Crippen molar-refractivity contribution in [2.45, 2.75) is 213 Å². The van der Waals surface area contributed by atoms with Gasteiger partial charge in [-0.1, -0.05) is 178 Å². The quantitative estimate of drug-likeness (QED) is 0.0414. The van der Waals surface area contributed by atoms with Crippen molar-refractivity contribution in [1.29, 1.82) is 0 Å². The number of unbranched alkanes of at least 4 members (excludes halogenated alkanes) is 19. The maximum atomic E-state index is 12.7. The molecule has 47 heavy (non-hydrogen) atoms. The van der Waals surface area contributed by atoms with E-state index in [1.807, 2.05) is 0 Å². The van der Waals surface area contributed by atoms with Gasteiger partial charge in [0.25, 0.3) is 0 Å². The summed E-state index contributed by atoms with van der Waals surface area (Å²) in [6.07, 6.45) is 51.3. The van der Waals surface area contributed by atoms with Gasteiger partial charge in [0.1, 0.15) is 6.10 Å². The zero-order valence-corrected chi connectivity index (χ0v) is 31.1. The summed E-state index contributed by atoms with van der Waals surface area (Å²) in [6.45, 7) is 4.44. The van der Waals surface area contributed by atoms with E-state index in [4.69, 9.17) is 9.84 Å². The molecule has 0 aromatic rings. The van der Waals surface area contributed by atoms with E-state index in [-0.39, 0.29) is 18.5 Å². The van der Waals surface area contributed by atoms with Gasteiger partial charge < -0.3 is 9.84 Å². The molecule has 1 atom stereocenters. The fourth-order valence-electron chi connectivity index (χ4n) is 5.88. The second kappa shape index (κ2) is 38.3. The van der Waals surface area contributed by atoms with Gasteiger partial charge in [-0.3, -0.25) is 9.59 Å². The van der Waals surface area contributed by atoms with Crippen molar-refractivity contribution >= 4 is 11.9 Å². The lowest BCUT2D eigenvalue weighted by Gasteiger charge is -2.17. The predicted octanol–water partition coefficient (Wildman–Crippen LogP) is 14.0. The first-order valence-corrected chi connectivity index (χ1v) is 20.1. The molecule has 0 saturated heterocycles. The van der Waals surface area contributed by atoms with E-state index in [1.165, 1.54) is 89.9 Å². The van der Waals surface area contributed by atoms with Gasteiger partial charge >= 0.3 is 11.9 Å². The summed E-state index contributed by atoms with van der Waals surface area (Å²) in [7, 11) is 0. The molecule has 272 valence electrons. The SMILES string of the molecule is CC/C=C\C/C=C\C/C=C\C/C=C\CCC(CCCCCCCC(=O)O)OC(=O)CCCCCCCCCCCCCCCCCC. The summed E-state index contributed by atoms with van der Waals surface area (Å²) in [5.74, 6) is -0.746. The number of carbonyl (C=O) groups is 2. The Morgan fingerprint density at radius 3 is 1.36 bits per heavy atom. The number of carboxylic acid groups (broad SMARTS) is 1. The monoisotopic (exact) mass is 657 g/mol. The highest BCUT2D eigenvalue weighted by atomic mass is 16.5. The van der Waals surface area contributed by atoms with Gasteiger partial charge in [0.15, 0.2) is 0 Å². The molecule has 0 bridgehead atoms. The Morgan fingerprint density at radius 1 is 0.489 bits per heavy atom. The van der Waals surface area contributed by atoms with Crippen LogP contribution in [0.5, 0.6) is 0 Å². The predicted molar refractivity (Wildman–Crippen MR) is 204 cm³/mol. The lowest BCUT2D eigenvalue weighted by molar-refractivity contribution is -0.150. The van der Waals surface area contributed by atoms with Crippen molar-refractivity contribution < 1.29 is 19.4 Å². The van der Waals surface area contributed by atoms with Crippen LogP contribution >= 0.6 is 0 Å². The average molecular weight is 657 g/mol. The molecule has 0 aromatic carbocycles. The van der Waals surface area contributed by atoms with E-state index in [2.05, 4.69) is 62.5 Å². The molecule has 0 fully saturated rings. The van der Waals surface area contributed by atoms with Crippen molar-refractivity contribution in [1.82, 2.24) is 0 Å². The molecule has 0 aliphatic carbocycles. The normalized spacial score (nSPS) is 12.7. The van der Waals surface area contributed by atoms with Crippen molar-refractivity contribution in [3.63, 3.8) is 0 Å². The number of rotatable bonds is 36. The zero-order valence-electron chi connectivity index (χ0n) is 31.1. The van der Waals surface area contributed by atoms with Gasteiger partial charge in [-0.2, -0.15) is 0 Å². The number of hydrogen-bond acceptors (Lipinski definition) is 3. The minimum absolute atomic E-state index is 0.0188. The van der Waals surface area contributed by atoms with Crippen LogP contribution in [-0.4, -0.2) is 23.1 Å². The molecular weight excluding hydrogens is 580 g/mol. The molecule has 4 nitrogen and oxygen atoms in total. The summed E-state index contributed by atoms with van der Waals surface area (Å²) in [5.41, 5.74) is 0. The number of aliphatic carboxylic acids is 1. The second-order valence-electron chi connectivity index (χ2n) is 13.4. The van der Waals surface area contributed by atoms with Crippen molar-refractivity contribution in [2.75, 3.05) is 0 Å². The number of esters is 1. The van der Waals surface area contributed by atoms with E-state index in [1.54, 1.807) is 0 Å². The lowest BCUT2D eigenvalue weighted by Crippen LogP contribution is -2.18. The Hall–Kier alpha value is -2.10. The summed E-state index contributed by atoms with van der Waals surface area (Å²) < 4.78 is 5.96. The van der Waals surface area contributed by atoms with Crippen molar-refractivity contribution in [3.05, 3.63) is 48.6 Å². The first-order chi connectivity index (χ1) is 23.1. The van der Waals surface area contributed by atoms with Crippen LogP contribution in [0.4, 0.5) is 0 Å². The Balaban J connectivity index is 4.11. The minimum Gasteiger partial charge on any atom is -0.481 e. The van der Waals surface area contributed by atoms with Crippen molar-refractivity contribution in [2.24, 2.45) is 0 Å². The van der Waals surface area contributed by atoms with Crippen LogP contribution in [0.1, 0.15) is 206 Å². The molecule has 1 N–H and O–H groups in total. The highest BCUT2D eigenvalue weighted by molar-refractivity contribution is 5.69. The van der Waals surface area contributed by atoms with Gasteiger partial charge in [0, 0.05) is 12.8 Å². The number of carbonyl (C=O) groups excluding carboxylic acids is 1. The second-order valence-corrected chi connectivity index (χ2v) is 13.4. The van der Waals surface area contributed by atoms with Crippen LogP contribution in [0.2, 0.25) is 0 Å². The maximum absolute atomic E-state index is 12.7. The molecule has 0 saturated carbocycles. The molecule has 0 amide bonds. The Kier molecular flexibility index (Phi) is 36.6. The minimum atomic E-state index is -0.711. The van der Waals surface area contributed by atoms with Gasteiger partial charge in [-0.05, 0) is 64.2 Å². The summed E-state index contributed by atoms with van der Waals surface area (Å²) >= 11 is 0. The largest absolute Gasteiger partial charge is 0.481 e. The standard InChI is InChI=1S/C43H76O4/c1-3-5-7-9-11-13-15-17-18-19-21-23-25-27-32-36-40-43(46)47-41(38-34-30-28-31-35-39-42(44)45)37-33-29-26-24-22-20-16-14-12-10-8-6-4-2/h6,8,12,14,20,22,26,29,41H,3-5,7,9-11,13,15-19,21,23-25,27-28,30-40H2,1-2H3,(H,44,45)/b8-6-,14-12-,22-20-,29-26-. The van der Waals surface area contributed by atoms with Crippen molar-refractivity contribution in [3.8, 4) is 0 Å². The molecule has 0 rings (SSSR count). The van der Waals surface area contributed by atoms with Gasteiger partial charge in [-0.25, -0.2) is 0 Å². The summed E-state index contributed by atoms with van der Waals surface area (Å²) in [4.78, 5) is 23.4. The zero-order chi connectivity index (χ0) is 34.3. The molecular formula is C43H76O4. The molecule has 0 aromatic heterocycles. The highest BCUT2D eigenvalue weighted by Gasteiger charge is 2.13. The fourth-order valence-corrected chi connectivity index (χ4v) is 5.88. The fraction of sp³-hybridized carbons (Fsp3) is 0.767. The molecule has 0 heterocycles. The van der Waals surface area contributed by atoms with Gasteiger partial charge in [-0.15, -0.1) is 0 Å². The molecule has 0 spiro atoms. The lowest BCUT2D eigenvalue weighted by atomic mass is 10.0. The number of ether oxygens (including phenoxy) is 1. The van der Waals surface area contributed by atoms with Gasteiger partial charge in [0.05, 0.1) is 0 Å². The third-order valence-electron chi connectivity index (χ3n) is 8.82. The van der Waals surface area contributed by atoms with E-state index >= 15 is 0 Å². The van der Waals surface area contributed by atoms with Crippen LogP contribution in [0.3, 0.4) is 0 Å². The Morgan fingerprint density at radius 2 is 0.894 bits per heavy atom.